The first-order valence-corrected chi connectivity index (χ1v) is 9.38. The number of nitrogens with zero attached hydrogens (tertiary/aromatic N) is 1. The van der Waals surface area contributed by atoms with Crippen molar-refractivity contribution in [1.29, 1.82) is 0 Å². The number of morpholine rings is 1. The third kappa shape index (κ3) is 3.61. The Balaban J connectivity index is 2.31. The third-order valence-electron chi connectivity index (χ3n) is 3.18. The minimum atomic E-state index is -3.84. The average molecular weight is 334 g/mol. The number of sulfonamides is 2. The highest BCUT2D eigenvalue weighted by molar-refractivity contribution is 7.89. The maximum Gasteiger partial charge on any atom is 0.243 e. The van der Waals surface area contributed by atoms with Gasteiger partial charge >= 0.3 is 0 Å². The molecule has 2 N–H and O–H groups in total. The summed E-state index contributed by atoms with van der Waals surface area (Å²) < 4.78 is 54.3. The molecule has 2 rings (SSSR count). The van der Waals surface area contributed by atoms with Crippen molar-refractivity contribution in [2.24, 2.45) is 5.14 Å². The number of ether oxygens (including phenoxy) is 1. The van der Waals surface area contributed by atoms with Gasteiger partial charge < -0.3 is 4.74 Å². The quantitative estimate of drug-likeness (QED) is 0.845. The number of hydrogen-bond donors (Lipinski definition) is 1. The highest BCUT2D eigenvalue weighted by atomic mass is 32.2. The monoisotopic (exact) mass is 334 g/mol. The van der Waals surface area contributed by atoms with E-state index in [-0.39, 0.29) is 35.1 Å². The van der Waals surface area contributed by atoms with Crippen LogP contribution in [0.1, 0.15) is 13.8 Å². The van der Waals surface area contributed by atoms with E-state index in [0.29, 0.717) is 0 Å². The van der Waals surface area contributed by atoms with Crippen LogP contribution in [0.4, 0.5) is 0 Å². The van der Waals surface area contributed by atoms with Gasteiger partial charge in [0, 0.05) is 13.1 Å². The molecule has 1 heterocycles. The van der Waals surface area contributed by atoms with Crippen LogP contribution in [0.15, 0.2) is 34.1 Å². The van der Waals surface area contributed by atoms with E-state index in [2.05, 4.69) is 0 Å². The van der Waals surface area contributed by atoms with Gasteiger partial charge in [-0.3, -0.25) is 0 Å². The molecule has 0 spiro atoms. The summed E-state index contributed by atoms with van der Waals surface area (Å²) in [5.74, 6) is 0. The van der Waals surface area contributed by atoms with Crippen molar-refractivity contribution in [3.63, 3.8) is 0 Å². The molecule has 1 aliphatic rings. The zero-order valence-electron chi connectivity index (χ0n) is 11.8. The van der Waals surface area contributed by atoms with Crippen LogP contribution < -0.4 is 5.14 Å². The molecule has 0 radical (unpaired) electrons. The Hall–Kier alpha value is -1.00. The van der Waals surface area contributed by atoms with Gasteiger partial charge in [0.1, 0.15) is 0 Å². The van der Waals surface area contributed by atoms with Crippen LogP contribution >= 0.6 is 0 Å². The Morgan fingerprint density at radius 3 is 1.86 bits per heavy atom. The minimum absolute atomic E-state index is 0.0381. The van der Waals surface area contributed by atoms with E-state index in [1.165, 1.54) is 28.6 Å². The number of benzene rings is 1. The van der Waals surface area contributed by atoms with Crippen LogP contribution in [-0.2, 0) is 24.8 Å². The molecular formula is C12H18N2O5S2. The molecule has 0 saturated carbocycles. The van der Waals surface area contributed by atoms with Crippen molar-refractivity contribution in [1.82, 2.24) is 4.31 Å². The van der Waals surface area contributed by atoms with Crippen molar-refractivity contribution >= 4 is 20.0 Å². The standard InChI is InChI=1S/C12H18N2O5S2/c1-9-7-14(8-10(2)19-9)21(17,18)12-5-3-11(4-6-12)20(13,15)16/h3-6,9-10H,7-8H2,1-2H3,(H2,13,15,16)/t9-,10-/m1/s1. The second-order valence-electron chi connectivity index (χ2n) is 5.10. The van der Waals surface area contributed by atoms with Gasteiger partial charge in [-0.05, 0) is 38.1 Å². The molecule has 1 fully saturated rings. The van der Waals surface area contributed by atoms with E-state index in [0.717, 1.165) is 0 Å². The lowest BCUT2D eigenvalue weighted by atomic mass is 10.3. The lowest BCUT2D eigenvalue weighted by molar-refractivity contribution is -0.0440. The summed E-state index contributed by atoms with van der Waals surface area (Å²) in [6, 6.07) is 4.88. The van der Waals surface area contributed by atoms with E-state index in [1.54, 1.807) is 0 Å². The van der Waals surface area contributed by atoms with E-state index in [4.69, 9.17) is 9.88 Å². The molecule has 118 valence electrons. The summed E-state index contributed by atoms with van der Waals surface area (Å²) >= 11 is 0. The van der Waals surface area contributed by atoms with Crippen LogP contribution in [0.25, 0.3) is 0 Å². The van der Waals surface area contributed by atoms with E-state index in [1.807, 2.05) is 13.8 Å². The fourth-order valence-corrected chi connectivity index (χ4v) is 4.38. The van der Waals surface area contributed by atoms with Gasteiger partial charge in [-0.2, -0.15) is 4.31 Å². The number of primary sulfonamides is 1. The van der Waals surface area contributed by atoms with Crippen LogP contribution in [0.2, 0.25) is 0 Å². The first kappa shape index (κ1) is 16.4. The Kier molecular flexibility index (Phi) is 4.41. The smallest absolute Gasteiger partial charge is 0.243 e. The molecule has 1 saturated heterocycles. The SMILES string of the molecule is C[C@@H]1CN(S(=O)(=O)c2ccc(S(N)(=O)=O)cc2)C[C@@H](C)O1. The number of hydrogen-bond acceptors (Lipinski definition) is 5. The number of nitrogens with two attached hydrogens (primary N) is 1. The second-order valence-corrected chi connectivity index (χ2v) is 8.60. The Morgan fingerprint density at radius 2 is 1.43 bits per heavy atom. The van der Waals surface area contributed by atoms with E-state index >= 15 is 0 Å². The topological polar surface area (TPSA) is 107 Å². The van der Waals surface area contributed by atoms with Crippen molar-refractivity contribution in [3.8, 4) is 0 Å². The molecule has 9 heteroatoms. The predicted molar refractivity (Wildman–Crippen MR) is 76.6 cm³/mol. The molecular weight excluding hydrogens is 316 g/mol. The Labute approximate surface area is 124 Å². The first-order valence-electron chi connectivity index (χ1n) is 6.39. The summed E-state index contributed by atoms with van der Waals surface area (Å²) in [5.41, 5.74) is 0. The minimum Gasteiger partial charge on any atom is -0.373 e. The summed E-state index contributed by atoms with van der Waals surface area (Å²) in [6.07, 6.45) is -0.376. The fraction of sp³-hybridized carbons (Fsp3) is 0.500. The van der Waals surface area contributed by atoms with Crippen LogP contribution in [0.5, 0.6) is 0 Å². The summed E-state index contributed by atoms with van der Waals surface area (Å²) in [5, 5.41) is 4.99. The van der Waals surface area contributed by atoms with Crippen molar-refractivity contribution in [2.75, 3.05) is 13.1 Å². The predicted octanol–water partition coefficient (Wildman–Crippen LogP) is 0.132. The normalized spacial score (nSPS) is 24.9. The van der Waals surface area contributed by atoms with Crippen LogP contribution in [0, 0.1) is 0 Å². The highest BCUT2D eigenvalue weighted by Gasteiger charge is 2.32. The molecule has 1 aromatic rings. The van der Waals surface area contributed by atoms with Crippen molar-refractivity contribution in [3.05, 3.63) is 24.3 Å². The van der Waals surface area contributed by atoms with E-state index in [9.17, 15) is 16.8 Å². The average Bonchev–Trinajstić information content (AvgIpc) is 2.36. The second kappa shape index (κ2) is 5.65. The molecule has 1 aromatic carbocycles. The van der Waals surface area contributed by atoms with Gasteiger partial charge in [0.25, 0.3) is 0 Å². The lowest BCUT2D eigenvalue weighted by Gasteiger charge is -2.34. The zero-order chi connectivity index (χ0) is 15.8. The van der Waals surface area contributed by atoms with E-state index < -0.39 is 20.0 Å². The summed E-state index contributed by atoms with van der Waals surface area (Å²) in [4.78, 5) is -0.0821. The Bertz CT molecular complexity index is 703. The molecule has 0 unspecified atom stereocenters. The number of rotatable bonds is 3. The molecule has 7 nitrogen and oxygen atoms in total. The summed E-state index contributed by atoms with van der Waals surface area (Å²) in [7, 11) is -7.51. The maximum atomic E-state index is 12.5. The van der Waals surface area contributed by atoms with Crippen molar-refractivity contribution in [2.45, 2.75) is 35.8 Å². The highest BCUT2D eigenvalue weighted by Crippen LogP contribution is 2.22. The first-order chi connectivity index (χ1) is 9.60. The maximum absolute atomic E-state index is 12.5. The van der Waals surface area contributed by atoms with Gasteiger partial charge in [-0.1, -0.05) is 0 Å². The van der Waals surface area contributed by atoms with Crippen LogP contribution in [-0.4, -0.2) is 46.4 Å². The molecule has 0 amide bonds. The molecule has 2 atom stereocenters. The van der Waals surface area contributed by atoms with Gasteiger partial charge in [0.15, 0.2) is 0 Å². The third-order valence-corrected chi connectivity index (χ3v) is 5.95. The largest absolute Gasteiger partial charge is 0.373 e. The Morgan fingerprint density at radius 1 is 1.00 bits per heavy atom. The molecule has 1 aliphatic heterocycles. The van der Waals surface area contributed by atoms with Gasteiger partial charge in [0.05, 0.1) is 22.0 Å². The molecule has 21 heavy (non-hydrogen) atoms. The molecule has 0 bridgehead atoms. The van der Waals surface area contributed by atoms with Crippen molar-refractivity contribution < 1.29 is 21.6 Å². The van der Waals surface area contributed by atoms with Gasteiger partial charge in [0.2, 0.25) is 20.0 Å². The molecule has 0 aromatic heterocycles. The zero-order valence-corrected chi connectivity index (χ0v) is 13.4. The summed E-state index contributed by atoms with van der Waals surface area (Å²) in [6.45, 7) is 4.15. The lowest BCUT2D eigenvalue weighted by Crippen LogP contribution is -2.48. The van der Waals surface area contributed by atoms with Crippen LogP contribution in [0.3, 0.4) is 0 Å². The fourth-order valence-electron chi connectivity index (χ4n) is 2.28. The van der Waals surface area contributed by atoms with Gasteiger partial charge in [-0.15, -0.1) is 0 Å². The molecule has 0 aliphatic carbocycles. The van der Waals surface area contributed by atoms with Gasteiger partial charge in [-0.25, -0.2) is 22.0 Å².